The summed E-state index contributed by atoms with van der Waals surface area (Å²) in [5, 5.41) is 12.0. The number of alkyl halides is 1. The normalized spacial score (nSPS) is 25.4. The van der Waals surface area contributed by atoms with E-state index in [1.807, 2.05) is 0 Å². The molecule has 18 heavy (non-hydrogen) atoms. The fourth-order valence-corrected chi connectivity index (χ4v) is 1.95. The molecule has 7 heteroatoms. The second-order valence-electron chi connectivity index (χ2n) is 4.26. The number of nitrogens with one attached hydrogen (secondary N) is 1. The lowest BCUT2D eigenvalue weighted by Crippen LogP contribution is -2.42. The van der Waals surface area contributed by atoms with Crippen LogP contribution in [0.25, 0.3) is 0 Å². The molecule has 0 bridgehead atoms. The number of urea groups is 1. The molecule has 0 aliphatic carbocycles. The fraction of sp³-hybridized carbons (Fsp3) is 0.455. The zero-order valence-electron chi connectivity index (χ0n) is 9.72. The third-order valence-corrected chi connectivity index (χ3v) is 3.22. The van der Waals surface area contributed by atoms with Gasteiger partial charge in [0.25, 0.3) is 5.91 Å². The molecule has 2 heterocycles. The quantitative estimate of drug-likeness (QED) is 0.623. The average Bonchev–Trinajstić information content (AvgIpc) is 2.93. The summed E-state index contributed by atoms with van der Waals surface area (Å²) in [7, 11) is 0. The molecule has 2 atom stereocenters. The summed E-state index contributed by atoms with van der Waals surface area (Å²) < 4.78 is 5.17. The van der Waals surface area contributed by atoms with Crippen molar-refractivity contribution in [2.45, 2.75) is 18.6 Å². The monoisotopic (exact) mass is 272 g/mol. The van der Waals surface area contributed by atoms with Crippen LogP contribution in [0.3, 0.4) is 0 Å². The van der Waals surface area contributed by atoms with Crippen molar-refractivity contribution in [3.8, 4) is 0 Å². The maximum absolute atomic E-state index is 12.2. The lowest BCUT2D eigenvalue weighted by Gasteiger charge is -2.19. The molecule has 0 spiro atoms. The van der Waals surface area contributed by atoms with Gasteiger partial charge in [0, 0.05) is 0 Å². The maximum Gasteiger partial charge on any atom is 0.325 e. The highest BCUT2D eigenvalue weighted by Gasteiger charge is 2.51. The topological polar surface area (TPSA) is 82.8 Å². The highest BCUT2D eigenvalue weighted by Crippen LogP contribution is 2.29. The van der Waals surface area contributed by atoms with Gasteiger partial charge in [-0.05, 0) is 19.1 Å². The second-order valence-corrected chi connectivity index (χ2v) is 4.56. The Balaban J connectivity index is 2.24. The number of hydrogen-bond acceptors (Lipinski definition) is 4. The highest BCUT2D eigenvalue weighted by molar-refractivity contribution is 6.18. The molecule has 1 aliphatic heterocycles. The lowest BCUT2D eigenvalue weighted by molar-refractivity contribution is -0.132. The predicted molar refractivity (Wildman–Crippen MR) is 63.0 cm³/mol. The fourth-order valence-electron chi connectivity index (χ4n) is 1.85. The highest BCUT2D eigenvalue weighted by atomic mass is 35.5. The van der Waals surface area contributed by atoms with Gasteiger partial charge in [0.1, 0.15) is 5.76 Å². The number of imide groups is 1. The number of nitrogens with zero attached hydrogens (tertiary/aromatic N) is 1. The van der Waals surface area contributed by atoms with Gasteiger partial charge in [-0.3, -0.25) is 9.69 Å². The number of furan rings is 1. The molecule has 2 unspecified atom stereocenters. The van der Waals surface area contributed by atoms with E-state index in [1.54, 1.807) is 19.1 Å². The van der Waals surface area contributed by atoms with Crippen LogP contribution in [-0.2, 0) is 10.3 Å². The minimum absolute atomic E-state index is 0.0471. The van der Waals surface area contributed by atoms with Gasteiger partial charge in [-0.2, -0.15) is 0 Å². The summed E-state index contributed by atoms with van der Waals surface area (Å²) in [6.07, 6.45) is 0.483. The number of amides is 3. The van der Waals surface area contributed by atoms with Gasteiger partial charge in [-0.1, -0.05) is 0 Å². The van der Waals surface area contributed by atoms with Crippen LogP contribution >= 0.6 is 11.6 Å². The molecular weight excluding hydrogens is 260 g/mol. The molecule has 1 aliphatic rings. The van der Waals surface area contributed by atoms with Crippen LogP contribution in [0.2, 0.25) is 0 Å². The number of aliphatic hydroxyl groups is 1. The Morgan fingerprint density at radius 3 is 2.89 bits per heavy atom. The first-order valence-electron chi connectivity index (χ1n) is 5.41. The van der Waals surface area contributed by atoms with Gasteiger partial charge >= 0.3 is 6.03 Å². The van der Waals surface area contributed by atoms with E-state index in [0.29, 0.717) is 5.76 Å². The first-order chi connectivity index (χ1) is 8.49. The standard InChI is InChI=1S/C11H13ClN2O4/c1-11(8-3-2-4-18-8)9(16)14(10(17)13-11)6-7(15)5-12/h2-4,7,15H,5-6H2,1H3,(H,13,17). The Kier molecular flexibility index (Phi) is 3.32. The van der Waals surface area contributed by atoms with Gasteiger partial charge in [-0.15, -0.1) is 11.6 Å². The van der Waals surface area contributed by atoms with Crippen molar-refractivity contribution in [2.24, 2.45) is 0 Å². The van der Waals surface area contributed by atoms with Crippen molar-refractivity contribution < 1.29 is 19.1 Å². The molecule has 2 rings (SSSR count). The van der Waals surface area contributed by atoms with Gasteiger partial charge in [0.2, 0.25) is 0 Å². The van der Waals surface area contributed by atoms with E-state index in [0.717, 1.165) is 4.90 Å². The molecule has 0 saturated carbocycles. The predicted octanol–water partition coefficient (Wildman–Crippen LogP) is 0.646. The van der Waals surface area contributed by atoms with Gasteiger partial charge < -0.3 is 14.8 Å². The zero-order chi connectivity index (χ0) is 13.3. The number of carbonyl (C=O) groups is 2. The van der Waals surface area contributed by atoms with Gasteiger partial charge in [-0.25, -0.2) is 4.79 Å². The van der Waals surface area contributed by atoms with Gasteiger partial charge in [0.15, 0.2) is 5.54 Å². The van der Waals surface area contributed by atoms with Gasteiger partial charge in [0.05, 0.1) is 24.8 Å². The summed E-state index contributed by atoms with van der Waals surface area (Å²) in [4.78, 5) is 24.9. The van der Waals surface area contributed by atoms with Crippen LogP contribution in [0.15, 0.2) is 22.8 Å². The Hall–Kier alpha value is -1.53. The average molecular weight is 273 g/mol. The minimum atomic E-state index is -1.23. The Morgan fingerprint density at radius 1 is 1.61 bits per heavy atom. The summed E-state index contributed by atoms with van der Waals surface area (Å²) in [6, 6.07) is 2.68. The third-order valence-electron chi connectivity index (χ3n) is 2.86. The molecule has 6 nitrogen and oxygen atoms in total. The van der Waals surface area contributed by atoms with Crippen LogP contribution in [0, 0.1) is 0 Å². The SMILES string of the molecule is CC1(c2ccco2)NC(=O)N(CC(O)CCl)C1=O. The summed E-state index contributed by atoms with van der Waals surface area (Å²) in [5.41, 5.74) is -1.23. The van der Waals surface area contributed by atoms with Crippen LogP contribution in [0.1, 0.15) is 12.7 Å². The number of carbonyl (C=O) groups excluding carboxylic acids is 2. The van der Waals surface area contributed by atoms with Crippen LogP contribution in [0.4, 0.5) is 4.79 Å². The molecule has 1 fully saturated rings. The summed E-state index contributed by atoms with van der Waals surface area (Å²) in [6.45, 7) is 1.42. The minimum Gasteiger partial charge on any atom is -0.466 e. The molecule has 2 N–H and O–H groups in total. The number of aliphatic hydroxyl groups excluding tert-OH is 1. The van der Waals surface area contributed by atoms with Crippen molar-refractivity contribution in [3.63, 3.8) is 0 Å². The van der Waals surface area contributed by atoms with E-state index in [9.17, 15) is 14.7 Å². The Morgan fingerprint density at radius 2 is 2.33 bits per heavy atom. The van der Waals surface area contributed by atoms with Crippen molar-refractivity contribution >= 4 is 23.5 Å². The van der Waals surface area contributed by atoms with Crippen LogP contribution in [0.5, 0.6) is 0 Å². The number of rotatable bonds is 4. The molecule has 98 valence electrons. The van der Waals surface area contributed by atoms with Crippen molar-refractivity contribution in [3.05, 3.63) is 24.2 Å². The van der Waals surface area contributed by atoms with E-state index >= 15 is 0 Å². The van der Waals surface area contributed by atoms with E-state index in [2.05, 4.69) is 5.32 Å². The lowest BCUT2D eigenvalue weighted by atomic mass is 9.99. The van der Waals surface area contributed by atoms with E-state index in [4.69, 9.17) is 16.0 Å². The van der Waals surface area contributed by atoms with E-state index < -0.39 is 23.6 Å². The molecule has 3 amide bonds. The van der Waals surface area contributed by atoms with E-state index in [-0.39, 0.29) is 12.4 Å². The second kappa shape index (κ2) is 4.62. The summed E-state index contributed by atoms with van der Waals surface area (Å²) >= 11 is 5.46. The zero-order valence-corrected chi connectivity index (χ0v) is 10.5. The maximum atomic E-state index is 12.2. The molecule has 0 radical (unpaired) electrons. The van der Waals surface area contributed by atoms with Crippen LogP contribution in [-0.4, -0.2) is 40.5 Å². The molecule has 1 saturated heterocycles. The van der Waals surface area contributed by atoms with Crippen LogP contribution < -0.4 is 5.32 Å². The Labute approximate surface area is 109 Å². The smallest absolute Gasteiger partial charge is 0.325 e. The molecule has 0 aromatic carbocycles. The molecular formula is C11H13ClN2O4. The first-order valence-corrected chi connectivity index (χ1v) is 5.94. The summed E-state index contributed by atoms with van der Waals surface area (Å²) in [5.74, 6) is -0.163. The largest absolute Gasteiger partial charge is 0.466 e. The van der Waals surface area contributed by atoms with E-state index in [1.165, 1.54) is 6.26 Å². The number of β-amino-alcohol motifs (C(OH)–C–C–N with tert-alkyl or cyclic N) is 1. The first kappa shape index (κ1) is 12.9. The number of halogens is 1. The number of hydrogen-bond donors (Lipinski definition) is 2. The molecule has 1 aromatic heterocycles. The van der Waals surface area contributed by atoms with Crippen molar-refractivity contribution in [1.82, 2.24) is 10.2 Å². The van der Waals surface area contributed by atoms with Crippen molar-refractivity contribution in [2.75, 3.05) is 12.4 Å². The Bertz CT molecular complexity index is 462. The van der Waals surface area contributed by atoms with Crippen molar-refractivity contribution in [1.29, 1.82) is 0 Å². The molecule has 1 aromatic rings. The third kappa shape index (κ3) is 1.97.